The van der Waals surface area contributed by atoms with Gasteiger partial charge in [-0.25, -0.2) is 4.39 Å². The van der Waals surface area contributed by atoms with E-state index in [0.29, 0.717) is 0 Å². The molecule has 0 aliphatic carbocycles. The van der Waals surface area contributed by atoms with Crippen molar-refractivity contribution in [2.75, 3.05) is 6.67 Å². The fourth-order valence-electron chi connectivity index (χ4n) is 0.523. The molecule has 0 aromatic carbocycles. The van der Waals surface area contributed by atoms with Gasteiger partial charge in [0.2, 0.25) is 0 Å². The summed E-state index contributed by atoms with van der Waals surface area (Å²) >= 11 is 0. The average molecular weight is 400 g/mol. The highest BCUT2D eigenvalue weighted by Gasteiger charge is 2.85. The predicted octanol–water partition coefficient (Wildman–Crippen LogP) is 2.84. The summed E-state index contributed by atoms with van der Waals surface area (Å²) in [4.78, 5) is 0. The summed E-state index contributed by atoms with van der Waals surface area (Å²) in [7, 11) is -7.17. The predicted molar refractivity (Wildman–Crippen MR) is 45.6 cm³/mol. The number of hydrogen-bond donors (Lipinski definition) is 2. The molecule has 0 saturated carbocycles. The fraction of sp³-hybridized carbons (Fsp3) is 1.00. The molecule has 0 spiro atoms. The molecule has 0 amide bonds. The lowest BCUT2D eigenvalue weighted by Gasteiger charge is -2.31. The van der Waals surface area contributed by atoms with Crippen LogP contribution in [0.25, 0.3) is 0 Å². The lowest BCUT2D eigenvalue weighted by molar-refractivity contribution is -0.382. The molecule has 0 bridgehead atoms. The van der Waals surface area contributed by atoms with Crippen LogP contribution in [0.5, 0.6) is 0 Å². The lowest BCUT2D eigenvalue weighted by Crippen LogP contribution is -2.63. The Balaban J connectivity index is 0. The highest BCUT2D eigenvalue weighted by atomic mass is 32.2. The second-order valence-electron chi connectivity index (χ2n) is 3.44. The first-order valence-corrected chi connectivity index (χ1v) is 5.83. The molecular formula is C6H4F12O4S. The zero-order valence-corrected chi connectivity index (χ0v) is 10.7. The van der Waals surface area contributed by atoms with Crippen LogP contribution in [0.4, 0.5) is 52.7 Å². The van der Waals surface area contributed by atoms with Crippen molar-refractivity contribution in [3.8, 4) is 0 Å². The van der Waals surface area contributed by atoms with Gasteiger partial charge in [-0.15, -0.1) is 0 Å². The van der Waals surface area contributed by atoms with Crippen molar-refractivity contribution in [1.82, 2.24) is 0 Å². The van der Waals surface area contributed by atoms with Gasteiger partial charge in [-0.2, -0.15) is 56.7 Å². The van der Waals surface area contributed by atoms with Gasteiger partial charge in [0.25, 0.3) is 0 Å². The number of aliphatic hydroxyl groups is 1. The van der Waals surface area contributed by atoms with Crippen molar-refractivity contribution in [1.29, 1.82) is 0 Å². The minimum Gasteiger partial charge on any atom is -0.334 e. The molecule has 17 heteroatoms. The fourth-order valence-corrected chi connectivity index (χ4v) is 0.975. The number of rotatable bonds is 4. The molecule has 0 aliphatic rings. The molecule has 23 heavy (non-hydrogen) atoms. The molecule has 0 saturated heterocycles. The van der Waals surface area contributed by atoms with E-state index in [1.807, 2.05) is 0 Å². The van der Waals surface area contributed by atoms with Crippen molar-refractivity contribution in [2.24, 2.45) is 0 Å². The Hall–Kier alpha value is -0.970. The lowest BCUT2D eigenvalue weighted by atomic mass is 10.1. The van der Waals surface area contributed by atoms with E-state index >= 15 is 0 Å². The first-order valence-electron chi connectivity index (χ1n) is 4.39. The van der Waals surface area contributed by atoms with E-state index in [1.54, 1.807) is 0 Å². The van der Waals surface area contributed by atoms with Crippen LogP contribution < -0.4 is 0 Å². The molecule has 0 heterocycles. The Kier molecular flexibility index (Phi) is 6.86. The van der Waals surface area contributed by atoms with Gasteiger partial charge in [-0.1, -0.05) is 0 Å². The number of alkyl halides is 12. The van der Waals surface area contributed by atoms with E-state index in [1.165, 1.54) is 0 Å². The SMILES string of the molecule is O=S(=O)(O)C(F)(F)C(F)(F)C(F)(F)C(F)(F)F.OC(F)(F)CF. The average Bonchev–Trinajstić information content (AvgIpc) is 2.25. The van der Waals surface area contributed by atoms with Gasteiger partial charge in [0, 0.05) is 0 Å². The summed E-state index contributed by atoms with van der Waals surface area (Å²) in [6, 6.07) is 0. The van der Waals surface area contributed by atoms with Crippen molar-refractivity contribution >= 4 is 10.1 Å². The third-order valence-electron chi connectivity index (χ3n) is 1.60. The quantitative estimate of drug-likeness (QED) is 0.563. The molecular weight excluding hydrogens is 396 g/mol. The van der Waals surface area contributed by atoms with Crippen LogP contribution >= 0.6 is 0 Å². The second kappa shape index (κ2) is 6.50. The zero-order chi connectivity index (χ0) is 19.7. The summed E-state index contributed by atoms with van der Waals surface area (Å²) in [5.41, 5.74) is 0. The smallest absolute Gasteiger partial charge is 0.334 e. The zero-order valence-electron chi connectivity index (χ0n) is 9.86. The Morgan fingerprint density at radius 1 is 0.739 bits per heavy atom. The summed E-state index contributed by atoms with van der Waals surface area (Å²) < 4.78 is 166. The van der Waals surface area contributed by atoms with Gasteiger partial charge in [0.1, 0.15) is 0 Å². The van der Waals surface area contributed by atoms with Crippen LogP contribution in [0.1, 0.15) is 0 Å². The van der Waals surface area contributed by atoms with Crippen LogP contribution in [0, 0.1) is 0 Å². The molecule has 2 N–H and O–H groups in total. The number of halogens is 12. The van der Waals surface area contributed by atoms with Crippen LogP contribution in [0.15, 0.2) is 0 Å². The molecule has 0 aliphatic heterocycles. The monoisotopic (exact) mass is 400 g/mol. The molecule has 0 aromatic heterocycles. The molecule has 0 radical (unpaired) electrons. The van der Waals surface area contributed by atoms with E-state index in [4.69, 9.17) is 9.66 Å². The Morgan fingerprint density at radius 2 is 1.00 bits per heavy atom. The molecule has 0 rings (SSSR count). The summed E-state index contributed by atoms with van der Waals surface area (Å²) in [5, 5.41) is 0.117. The minimum atomic E-state index is -7.37. The van der Waals surface area contributed by atoms with E-state index in [0.717, 1.165) is 0 Å². The van der Waals surface area contributed by atoms with E-state index in [-0.39, 0.29) is 0 Å². The molecule has 0 unspecified atom stereocenters. The van der Waals surface area contributed by atoms with Crippen LogP contribution in [-0.2, 0) is 10.1 Å². The van der Waals surface area contributed by atoms with Crippen molar-refractivity contribution in [3.63, 3.8) is 0 Å². The molecule has 142 valence electrons. The van der Waals surface area contributed by atoms with E-state index in [2.05, 4.69) is 0 Å². The van der Waals surface area contributed by atoms with Gasteiger partial charge < -0.3 is 5.11 Å². The van der Waals surface area contributed by atoms with Gasteiger partial charge in [-0.3, -0.25) is 4.55 Å². The van der Waals surface area contributed by atoms with Gasteiger partial charge in [0.15, 0.2) is 6.67 Å². The highest BCUT2D eigenvalue weighted by molar-refractivity contribution is 7.87. The van der Waals surface area contributed by atoms with Gasteiger partial charge in [0.05, 0.1) is 0 Å². The van der Waals surface area contributed by atoms with Gasteiger partial charge in [-0.05, 0) is 0 Å². The van der Waals surface area contributed by atoms with E-state index in [9.17, 15) is 61.1 Å². The standard InChI is InChI=1S/C4HF9O3S.C2H3F3O/c5-1(6,3(9,10)11)2(7,8)4(12,13)17(14,15)16;3-1-2(4,5)6/h(H,14,15,16);6H,1H2. The minimum absolute atomic E-state index is 2.01. The molecule has 0 atom stereocenters. The first kappa shape index (κ1) is 24.3. The number of hydrogen-bond acceptors (Lipinski definition) is 3. The van der Waals surface area contributed by atoms with Crippen LogP contribution in [0.2, 0.25) is 0 Å². The first-order chi connectivity index (χ1) is 9.56. The summed E-state index contributed by atoms with van der Waals surface area (Å²) in [6.07, 6.45) is -11.3. The Labute approximate surface area is 118 Å². The van der Waals surface area contributed by atoms with E-state index < -0.39 is 46.2 Å². The summed E-state index contributed by atoms with van der Waals surface area (Å²) in [6.45, 7) is -2.01. The van der Waals surface area contributed by atoms with Crippen molar-refractivity contribution < 1.29 is 70.8 Å². The normalized spacial score (nSPS) is 15.0. The van der Waals surface area contributed by atoms with Crippen molar-refractivity contribution in [2.45, 2.75) is 29.4 Å². The van der Waals surface area contributed by atoms with Gasteiger partial charge >= 0.3 is 39.5 Å². The highest BCUT2D eigenvalue weighted by Crippen LogP contribution is 2.54. The maximum atomic E-state index is 12.2. The van der Waals surface area contributed by atoms with Crippen LogP contribution in [0.3, 0.4) is 0 Å². The maximum absolute atomic E-state index is 12.2. The topological polar surface area (TPSA) is 74.6 Å². The third kappa shape index (κ3) is 5.27. The largest absolute Gasteiger partial charge is 0.460 e. The Bertz CT molecular complexity index is 489. The van der Waals surface area contributed by atoms with Crippen LogP contribution in [-0.4, -0.2) is 54.1 Å². The summed E-state index contributed by atoms with van der Waals surface area (Å²) in [5.74, 6) is -14.7. The Morgan fingerprint density at radius 3 is 1.13 bits per heavy atom. The molecule has 0 fully saturated rings. The van der Waals surface area contributed by atoms with Crippen molar-refractivity contribution in [3.05, 3.63) is 0 Å². The molecule has 0 aromatic rings. The maximum Gasteiger partial charge on any atom is 0.460 e. The third-order valence-corrected chi connectivity index (χ3v) is 2.50. The second-order valence-corrected chi connectivity index (χ2v) is 4.90. The molecule has 4 nitrogen and oxygen atoms in total.